The minimum absolute atomic E-state index is 0.394. The van der Waals surface area contributed by atoms with E-state index in [2.05, 4.69) is 26.1 Å². The van der Waals surface area contributed by atoms with Crippen LogP contribution in [0.15, 0.2) is 0 Å². The second-order valence-corrected chi connectivity index (χ2v) is 5.84. The third-order valence-corrected chi connectivity index (χ3v) is 5.10. The third kappa shape index (κ3) is 4.26. The molecule has 1 fully saturated rings. The van der Waals surface area contributed by atoms with Crippen LogP contribution in [0.2, 0.25) is 0 Å². The van der Waals surface area contributed by atoms with Gasteiger partial charge in [-0.15, -0.1) is 0 Å². The minimum Gasteiger partial charge on any atom is -0.330 e. The highest BCUT2D eigenvalue weighted by Gasteiger charge is 2.26. The predicted octanol–water partition coefficient (Wildman–Crippen LogP) is 3.31. The quantitative estimate of drug-likeness (QED) is 0.716. The molecule has 0 radical (unpaired) electrons. The highest BCUT2D eigenvalue weighted by molar-refractivity contribution is 4.85. The molecule has 2 nitrogen and oxygen atoms in total. The first-order valence-corrected chi connectivity index (χ1v) is 7.64. The molecule has 0 amide bonds. The largest absolute Gasteiger partial charge is 0.330 e. The maximum atomic E-state index is 5.74. The van der Waals surface area contributed by atoms with Crippen molar-refractivity contribution in [2.75, 3.05) is 13.1 Å². The molecule has 0 aromatic rings. The second kappa shape index (κ2) is 7.38. The van der Waals surface area contributed by atoms with Crippen molar-refractivity contribution in [3.05, 3.63) is 0 Å². The maximum Gasteiger partial charge on any atom is 0.0173 e. The number of hydrogen-bond acceptors (Lipinski definition) is 2. The zero-order valence-corrected chi connectivity index (χ0v) is 12.1. The van der Waals surface area contributed by atoms with Gasteiger partial charge in [0.25, 0.3) is 0 Å². The van der Waals surface area contributed by atoms with Gasteiger partial charge in [-0.2, -0.15) is 0 Å². The molecule has 2 heteroatoms. The zero-order chi connectivity index (χ0) is 12.7. The monoisotopic (exact) mass is 240 g/mol. The van der Waals surface area contributed by atoms with E-state index >= 15 is 0 Å². The van der Waals surface area contributed by atoms with Crippen molar-refractivity contribution in [1.29, 1.82) is 0 Å². The fourth-order valence-corrected chi connectivity index (χ4v) is 3.16. The lowest BCUT2D eigenvalue weighted by Gasteiger charge is -2.35. The van der Waals surface area contributed by atoms with Crippen molar-refractivity contribution in [1.82, 2.24) is 5.32 Å². The van der Waals surface area contributed by atoms with E-state index in [1.165, 1.54) is 51.5 Å². The van der Waals surface area contributed by atoms with Crippen LogP contribution in [0.3, 0.4) is 0 Å². The molecule has 0 heterocycles. The van der Waals surface area contributed by atoms with E-state index in [0.717, 1.165) is 18.4 Å². The highest BCUT2D eigenvalue weighted by Crippen LogP contribution is 2.28. The molecule has 17 heavy (non-hydrogen) atoms. The van der Waals surface area contributed by atoms with Gasteiger partial charge in [-0.1, -0.05) is 20.8 Å². The lowest BCUT2D eigenvalue weighted by atomic mass is 9.81. The molecule has 0 bridgehead atoms. The summed E-state index contributed by atoms with van der Waals surface area (Å²) in [7, 11) is 0. The SMILES string of the molecule is CCC(CC)(CC)NCC1CCC(CN)CC1. The lowest BCUT2D eigenvalue weighted by molar-refractivity contribution is 0.224. The predicted molar refractivity (Wildman–Crippen MR) is 76.1 cm³/mol. The van der Waals surface area contributed by atoms with Crippen LogP contribution in [0.4, 0.5) is 0 Å². The van der Waals surface area contributed by atoms with Gasteiger partial charge in [0.15, 0.2) is 0 Å². The molecule has 1 aliphatic rings. The van der Waals surface area contributed by atoms with E-state index in [1.807, 2.05) is 0 Å². The molecular weight excluding hydrogens is 208 g/mol. The van der Waals surface area contributed by atoms with E-state index in [-0.39, 0.29) is 0 Å². The molecule has 0 aromatic carbocycles. The molecule has 1 aliphatic carbocycles. The Hall–Kier alpha value is -0.0800. The molecule has 1 rings (SSSR count). The van der Waals surface area contributed by atoms with Crippen LogP contribution in [-0.2, 0) is 0 Å². The smallest absolute Gasteiger partial charge is 0.0173 e. The van der Waals surface area contributed by atoms with Crippen LogP contribution < -0.4 is 11.1 Å². The number of nitrogens with two attached hydrogens (primary N) is 1. The van der Waals surface area contributed by atoms with Gasteiger partial charge in [-0.3, -0.25) is 0 Å². The molecule has 3 N–H and O–H groups in total. The lowest BCUT2D eigenvalue weighted by Crippen LogP contribution is -2.46. The normalized spacial score (nSPS) is 26.1. The third-order valence-electron chi connectivity index (χ3n) is 5.10. The molecule has 0 unspecified atom stereocenters. The summed E-state index contributed by atoms with van der Waals surface area (Å²) < 4.78 is 0. The van der Waals surface area contributed by atoms with Crippen molar-refractivity contribution < 1.29 is 0 Å². The summed E-state index contributed by atoms with van der Waals surface area (Å²) in [5.74, 6) is 1.70. The fourth-order valence-electron chi connectivity index (χ4n) is 3.16. The Morgan fingerprint density at radius 3 is 1.82 bits per heavy atom. The first-order valence-electron chi connectivity index (χ1n) is 7.64. The van der Waals surface area contributed by atoms with E-state index in [1.54, 1.807) is 0 Å². The van der Waals surface area contributed by atoms with Crippen molar-refractivity contribution in [3.63, 3.8) is 0 Å². The number of hydrogen-bond donors (Lipinski definition) is 2. The maximum absolute atomic E-state index is 5.74. The van der Waals surface area contributed by atoms with Crippen LogP contribution in [0.1, 0.15) is 65.7 Å². The summed E-state index contributed by atoms with van der Waals surface area (Å²) in [4.78, 5) is 0. The standard InChI is InChI=1S/C15H32N2/c1-4-15(5-2,6-3)17-12-14-9-7-13(11-16)8-10-14/h13-14,17H,4-12,16H2,1-3H3. The average Bonchev–Trinajstić information content (AvgIpc) is 2.41. The van der Waals surface area contributed by atoms with Crippen molar-refractivity contribution >= 4 is 0 Å². The molecule has 0 aliphatic heterocycles. The summed E-state index contributed by atoms with van der Waals surface area (Å²) in [6.07, 6.45) is 9.19. The summed E-state index contributed by atoms with van der Waals surface area (Å²) in [6, 6.07) is 0. The molecule has 1 saturated carbocycles. The molecule has 0 aromatic heterocycles. The highest BCUT2D eigenvalue weighted by atomic mass is 15.0. The molecule has 102 valence electrons. The molecular formula is C15H32N2. The van der Waals surface area contributed by atoms with Crippen molar-refractivity contribution in [2.24, 2.45) is 17.6 Å². The van der Waals surface area contributed by atoms with Crippen molar-refractivity contribution in [3.8, 4) is 0 Å². The molecule has 0 spiro atoms. The Bertz CT molecular complexity index is 183. The summed E-state index contributed by atoms with van der Waals surface area (Å²) in [6.45, 7) is 9.04. The first kappa shape index (κ1) is 15.0. The zero-order valence-electron chi connectivity index (χ0n) is 12.1. The minimum atomic E-state index is 0.394. The van der Waals surface area contributed by atoms with Gasteiger partial charge in [0.05, 0.1) is 0 Å². The summed E-state index contributed by atoms with van der Waals surface area (Å²) >= 11 is 0. The average molecular weight is 240 g/mol. The van der Waals surface area contributed by atoms with Crippen LogP contribution in [0.25, 0.3) is 0 Å². The summed E-state index contributed by atoms with van der Waals surface area (Å²) in [5, 5.41) is 3.85. The van der Waals surface area contributed by atoms with Gasteiger partial charge < -0.3 is 11.1 Å². The van der Waals surface area contributed by atoms with Crippen LogP contribution >= 0.6 is 0 Å². The van der Waals surface area contributed by atoms with Gasteiger partial charge in [0.2, 0.25) is 0 Å². The Morgan fingerprint density at radius 2 is 1.41 bits per heavy atom. The van der Waals surface area contributed by atoms with Gasteiger partial charge in [-0.25, -0.2) is 0 Å². The van der Waals surface area contributed by atoms with E-state index in [4.69, 9.17) is 5.73 Å². The van der Waals surface area contributed by atoms with E-state index in [0.29, 0.717) is 5.54 Å². The van der Waals surface area contributed by atoms with Crippen LogP contribution in [0, 0.1) is 11.8 Å². The number of nitrogens with one attached hydrogen (secondary N) is 1. The van der Waals surface area contributed by atoms with Gasteiger partial charge >= 0.3 is 0 Å². The van der Waals surface area contributed by atoms with E-state index in [9.17, 15) is 0 Å². The summed E-state index contributed by atoms with van der Waals surface area (Å²) in [5.41, 5.74) is 6.13. The van der Waals surface area contributed by atoms with Crippen LogP contribution in [-0.4, -0.2) is 18.6 Å². The Kier molecular flexibility index (Phi) is 6.50. The van der Waals surface area contributed by atoms with Crippen LogP contribution in [0.5, 0.6) is 0 Å². The Labute approximate surface area is 108 Å². The van der Waals surface area contributed by atoms with Gasteiger partial charge in [0, 0.05) is 5.54 Å². The van der Waals surface area contributed by atoms with Crippen molar-refractivity contribution in [2.45, 2.75) is 71.3 Å². The fraction of sp³-hybridized carbons (Fsp3) is 1.00. The van der Waals surface area contributed by atoms with E-state index < -0.39 is 0 Å². The Balaban J connectivity index is 2.31. The topological polar surface area (TPSA) is 38.0 Å². The molecule has 0 atom stereocenters. The number of rotatable bonds is 7. The molecule has 0 saturated heterocycles. The Morgan fingerprint density at radius 1 is 0.941 bits per heavy atom. The van der Waals surface area contributed by atoms with Gasteiger partial charge in [-0.05, 0) is 69.9 Å². The second-order valence-electron chi connectivity index (χ2n) is 5.84. The van der Waals surface area contributed by atoms with Gasteiger partial charge in [0.1, 0.15) is 0 Å². The first-order chi connectivity index (χ1) is 8.19.